The lowest BCUT2D eigenvalue weighted by molar-refractivity contribution is 0.0303. The molecule has 0 aliphatic carbocycles. The van der Waals surface area contributed by atoms with Crippen molar-refractivity contribution in [2.24, 2.45) is 0 Å². The zero-order valence-corrected chi connectivity index (χ0v) is 11.3. The number of nitrogens with zero attached hydrogens (tertiary/aromatic N) is 1. The molecule has 1 aliphatic heterocycles. The van der Waals surface area contributed by atoms with E-state index in [2.05, 4.69) is 11.9 Å². The molecule has 5 nitrogen and oxygen atoms in total. The molecule has 0 saturated carbocycles. The Hall–Kier alpha value is -2.14. The quantitative estimate of drug-likeness (QED) is 0.836. The van der Waals surface area contributed by atoms with Gasteiger partial charge in [0.1, 0.15) is 0 Å². The lowest BCUT2D eigenvalue weighted by atomic mass is 10.1. The highest BCUT2D eigenvalue weighted by molar-refractivity contribution is 5.97. The summed E-state index contributed by atoms with van der Waals surface area (Å²) >= 11 is 0. The van der Waals surface area contributed by atoms with E-state index in [1.165, 1.54) is 0 Å². The minimum absolute atomic E-state index is 0.0219. The number of rotatable bonds is 4. The van der Waals surface area contributed by atoms with Gasteiger partial charge in [0, 0.05) is 30.8 Å². The molecule has 0 unspecified atom stereocenters. The van der Waals surface area contributed by atoms with Gasteiger partial charge in [-0.05, 0) is 24.3 Å². The SMILES string of the molecule is C=CCNC(=O)c1ccc(C(=O)N2CCOCC2)cc1. The normalized spacial score (nSPS) is 14.7. The van der Waals surface area contributed by atoms with Crippen LogP contribution in [0.25, 0.3) is 0 Å². The van der Waals surface area contributed by atoms with E-state index in [9.17, 15) is 9.59 Å². The van der Waals surface area contributed by atoms with E-state index < -0.39 is 0 Å². The summed E-state index contributed by atoms with van der Waals surface area (Å²) in [5.74, 6) is -0.193. The van der Waals surface area contributed by atoms with Crippen molar-refractivity contribution in [1.82, 2.24) is 10.2 Å². The van der Waals surface area contributed by atoms with Crippen LogP contribution in [0.4, 0.5) is 0 Å². The molecule has 5 heteroatoms. The summed E-state index contributed by atoms with van der Waals surface area (Å²) in [6.45, 7) is 6.34. The fourth-order valence-corrected chi connectivity index (χ4v) is 1.98. The molecule has 0 spiro atoms. The second-order valence-electron chi connectivity index (χ2n) is 4.48. The summed E-state index contributed by atoms with van der Waals surface area (Å²) < 4.78 is 5.22. The van der Waals surface area contributed by atoms with Gasteiger partial charge in [0.05, 0.1) is 13.2 Å². The maximum atomic E-state index is 12.2. The van der Waals surface area contributed by atoms with E-state index in [4.69, 9.17) is 4.74 Å². The van der Waals surface area contributed by atoms with Gasteiger partial charge in [-0.3, -0.25) is 9.59 Å². The third-order valence-electron chi connectivity index (χ3n) is 3.10. The predicted octanol–water partition coefficient (Wildman–Crippen LogP) is 1.07. The first kappa shape index (κ1) is 14.3. The molecule has 1 N–H and O–H groups in total. The Kier molecular flexibility index (Phi) is 4.90. The molecule has 1 heterocycles. The summed E-state index contributed by atoms with van der Waals surface area (Å²) in [5, 5.41) is 2.69. The zero-order valence-electron chi connectivity index (χ0n) is 11.3. The molecule has 0 radical (unpaired) electrons. The number of amides is 2. The molecule has 106 valence electrons. The van der Waals surface area contributed by atoms with Crippen LogP contribution < -0.4 is 5.32 Å². The van der Waals surface area contributed by atoms with Gasteiger partial charge >= 0.3 is 0 Å². The van der Waals surface area contributed by atoms with Gasteiger partial charge in [0.25, 0.3) is 11.8 Å². The topological polar surface area (TPSA) is 58.6 Å². The number of carbonyl (C=O) groups is 2. The molecule has 1 aliphatic rings. The molecule has 0 atom stereocenters. The minimum atomic E-state index is -0.171. The Labute approximate surface area is 118 Å². The number of morpholine rings is 1. The van der Waals surface area contributed by atoms with Gasteiger partial charge in [0.15, 0.2) is 0 Å². The van der Waals surface area contributed by atoms with Crippen molar-refractivity contribution in [1.29, 1.82) is 0 Å². The van der Waals surface area contributed by atoms with E-state index >= 15 is 0 Å². The van der Waals surface area contributed by atoms with Crippen LogP contribution in [0.1, 0.15) is 20.7 Å². The Balaban J connectivity index is 2.01. The van der Waals surface area contributed by atoms with Crippen LogP contribution in [-0.4, -0.2) is 49.6 Å². The lowest BCUT2D eigenvalue weighted by Gasteiger charge is -2.26. The number of hydrogen-bond donors (Lipinski definition) is 1. The largest absolute Gasteiger partial charge is 0.378 e. The van der Waals surface area contributed by atoms with Crippen LogP contribution in [0.15, 0.2) is 36.9 Å². The number of ether oxygens (including phenoxy) is 1. The highest BCUT2D eigenvalue weighted by atomic mass is 16.5. The van der Waals surface area contributed by atoms with Crippen molar-refractivity contribution in [3.63, 3.8) is 0 Å². The maximum absolute atomic E-state index is 12.2. The average Bonchev–Trinajstić information content (AvgIpc) is 2.53. The van der Waals surface area contributed by atoms with Crippen LogP contribution in [-0.2, 0) is 4.74 Å². The van der Waals surface area contributed by atoms with Gasteiger partial charge in [-0.1, -0.05) is 6.08 Å². The molecule has 0 aromatic heterocycles. The minimum Gasteiger partial charge on any atom is -0.378 e. The third-order valence-corrected chi connectivity index (χ3v) is 3.10. The summed E-state index contributed by atoms with van der Waals surface area (Å²) in [7, 11) is 0. The summed E-state index contributed by atoms with van der Waals surface area (Å²) in [6.07, 6.45) is 1.62. The Morgan fingerprint density at radius 3 is 2.40 bits per heavy atom. The summed E-state index contributed by atoms with van der Waals surface area (Å²) in [5.41, 5.74) is 1.12. The predicted molar refractivity (Wildman–Crippen MR) is 75.7 cm³/mol. The molecule has 0 bridgehead atoms. The number of benzene rings is 1. The Bertz CT molecular complexity index is 490. The van der Waals surface area contributed by atoms with Crippen molar-refractivity contribution in [3.05, 3.63) is 48.0 Å². The molecule has 1 aromatic rings. The summed E-state index contributed by atoms with van der Waals surface area (Å²) in [4.78, 5) is 25.7. The van der Waals surface area contributed by atoms with Gasteiger partial charge < -0.3 is 15.0 Å². The van der Waals surface area contributed by atoms with Crippen molar-refractivity contribution in [3.8, 4) is 0 Å². The van der Waals surface area contributed by atoms with Crippen LogP contribution in [0.3, 0.4) is 0 Å². The molecule has 2 rings (SSSR count). The van der Waals surface area contributed by atoms with Crippen molar-refractivity contribution < 1.29 is 14.3 Å². The second kappa shape index (κ2) is 6.86. The van der Waals surface area contributed by atoms with Crippen molar-refractivity contribution in [2.75, 3.05) is 32.8 Å². The van der Waals surface area contributed by atoms with E-state index in [1.54, 1.807) is 35.2 Å². The monoisotopic (exact) mass is 274 g/mol. The molecule has 20 heavy (non-hydrogen) atoms. The Morgan fingerprint density at radius 2 is 1.80 bits per heavy atom. The Morgan fingerprint density at radius 1 is 1.20 bits per heavy atom. The van der Waals surface area contributed by atoms with Crippen LogP contribution in [0, 0.1) is 0 Å². The molecule has 2 amide bonds. The number of hydrogen-bond acceptors (Lipinski definition) is 3. The van der Waals surface area contributed by atoms with Crippen molar-refractivity contribution in [2.45, 2.75) is 0 Å². The zero-order chi connectivity index (χ0) is 14.4. The van der Waals surface area contributed by atoms with Crippen LogP contribution in [0.2, 0.25) is 0 Å². The first-order valence-electron chi connectivity index (χ1n) is 6.58. The highest BCUT2D eigenvalue weighted by Gasteiger charge is 2.18. The average molecular weight is 274 g/mol. The maximum Gasteiger partial charge on any atom is 0.254 e. The first-order valence-corrected chi connectivity index (χ1v) is 6.58. The number of nitrogens with one attached hydrogen (secondary N) is 1. The molecular formula is C15H18N2O3. The van der Waals surface area contributed by atoms with Gasteiger partial charge in [-0.25, -0.2) is 0 Å². The fourth-order valence-electron chi connectivity index (χ4n) is 1.98. The van der Waals surface area contributed by atoms with Crippen LogP contribution in [0.5, 0.6) is 0 Å². The first-order chi connectivity index (χ1) is 9.72. The van der Waals surface area contributed by atoms with E-state index in [-0.39, 0.29) is 11.8 Å². The van der Waals surface area contributed by atoms with Gasteiger partial charge in [-0.2, -0.15) is 0 Å². The highest BCUT2D eigenvalue weighted by Crippen LogP contribution is 2.09. The fraction of sp³-hybridized carbons (Fsp3) is 0.333. The van der Waals surface area contributed by atoms with Gasteiger partial charge in [-0.15, -0.1) is 6.58 Å². The second-order valence-corrected chi connectivity index (χ2v) is 4.48. The lowest BCUT2D eigenvalue weighted by Crippen LogP contribution is -2.40. The number of carbonyl (C=O) groups excluding carboxylic acids is 2. The standard InChI is InChI=1S/C15H18N2O3/c1-2-7-16-14(18)12-3-5-13(6-4-12)15(19)17-8-10-20-11-9-17/h2-6H,1,7-11H2,(H,16,18). The molecule has 1 saturated heterocycles. The molecule has 1 aromatic carbocycles. The third kappa shape index (κ3) is 3.45. The van der Waals surface area contributed by atoms with Crippen molar-refractivity contribution >= 4 is 11.8 Å². The van der Waals surface area contributed by atoms with Crippen LogP contribution >= 0.6 is 0 Å². The van der Waals surface area contributed by atoms with E-state index in [0.29, 0.717) is 44.0 Å². The smallest absolute Gasteiger partial charge is 0.254 e. The van der Waals surface area contributed by atoms with Gasteiger partial charge in [0.2, 0.25) is 0 Å². The molecule has 1 fully saturated rings. The molecular weight excluding hydrogens is 256 g/mol. The van der Waals surface area contributed by atoms with E-state index in [0.717, 1.165) is 0 Å². The van der Waals surface area contributed by atoms with E-state index in [1.807, 2.05) is 0 Å². The summed E-state index contributed by atoms with van der Waals surface area (Å²) in [6, 6.07) is 6.68.